The lowest BCUT2D eigenvalue weighted by Crippen LogP contribution is -2.40. The van der Waals surface area contributed by atoms with Crippen molar-refractivity contribution in [2.45, 2.75) is 31.5 Å². The molecule has 0 radical (unpaired) electrons. The summed E-state index contributed by atoms with van der Waals surface area (Å²) < 4.78 is 1.75. The number of hydrogen-bond acceptors (Lipinski definition) is 5. The zero-order valence-corrected chi connectivity index (χ0v) is 18.5. The molecule has 0 spiro atoms. The molecule has 5 heterocycles. The number of imidazole rings is 1. The molecule has 9 nitrogen and oxygen atoms in total. The first-order valence-corrected chi connectivity index (χ1v) is 11.3. The highest BCUT2D eigenvalue weighted by atomic mass is 16.3. The molecule has 172 valence electrons. The predicted octanol–water partition coefficient (Wildman–Crippen LogP) is 2.25. The molecular weight excluding hydrogens is 420 g/mol. The fraction of sp³-hybridized carbons (Fsp3) is 0.417. The number of likely N-dealkylation sites (tertiary alicyclic amines) is 1. The summed E-state index contributed by atoms with van der Waals surface area (Å²) in [6, 6.07) is 12.7. The average molecular weight is 449 g/mol. The van der Waals surface area contributed by atoms with E-state index in [9.17, 15) is 4.79 Å². The van der Waals surface area contributed by atoms with Crippen molar-refractivity contribution in [3.05, 3.63) is 60.3 Å². The number of carbonyl (C=O) groups is 2. The van der Waals surface area contributed by atoms with Crippen LogP contribution >= 0.6 is 0 Å². The second-order valence-electron chi connectivity index (χ2n) is 8.99. The second kappa shape index (κ2) is 8.82. The van der Waals surface area contributed by atoms with Crippen LogP contribution in [0.15, 0.2) is 48.8 Å². The second-order valence-corrected chi connectivity index (χ2v) is 8.99. The predicted molar refractivity (Wildman–Crippen MR) is 121 cm³/mol. The molecule has 4 atom stereocenters. The van der Waals surface area contributed by atoms with Crippen LogP contribution in [0.4, 0.5) is 0 Å². The molecule has 9 heteroatoms. The molecule has 6 rings (SSSR count). The van der Waals surface area contributed by atoms with Gasteiger partial charge in [-0.15, -0.1) is 0 Å². The number of carboxylic acid groups (broad SMARTS) is 1. The number of aromatic amines is 1. The maximum absolute atomic E-state index is 13.6. The van der Waals surface area contributed by atoms with Crippen LogP contribution in [-0.2, 0) is 18.4 Å². The number of carbonyl (C=O) groups excluding carboxylic acids is 1. The van der Waals surface area contributed by atoms with Gasteiger partial charge in [-0.2, -0.15) is 5.10 Å². The van der Waals surface area contributed by atoms with Crippen molar-refractivity contribution in [1.82, 2.24) is 29.5 Å². The Balaban J connectivity index is 0.000000724. The maximum atomic E-state index is 13.6. The maximum Gasteiger partial charge on any atom is 0.290 e. The highest BCUT2D eigenvalue weighted by Crippen LogP contribution is 2.50. The van der Waals surface area contributed by atoms with E-state index in [1.165, 1.54) is 0 Å². The number of amides is 1. The number of fused-ring (bicyclic) bond motifs is 5. The van der Waals surface area contributed by atoms with Gasteiger partial charge in [-0.3, -0.25) is 19.2 Å². The summed E-state index contributed by atoms with van der Waals surface area (Å²) >= 11 is 0. The molecule has 0 unspecified atom stereocenters. The van der Waals surface area contributed by atoms with E-state index in [2.05, 4.69) is 24.9 Å². The highest BCUT2D eigenvalue weighted by molar-refractivity contribution is 5.94. The van der Waals surface area contributed by atoms with Crippen LogP contribution in [0, 0.1) is 11.8 Å². The Kier molecular flexibility index (Phi) is 5.72. The Bertz CT molecular complexity index is 1090. The van der Waals surface area contributed by atoms with Crippen LogP contribution < -0.4 is 0 Å². The fourth-order valence-electron chi connectivity index (χ4n) is 6.04. The standard InChI is InChI=1S/C23H26N6O.CH2O2/c1-27-21(11-18(26-27)15-5-3-2-4-6-15)23(30)29-19-7-8-20(29)17-13-28(12-16(17)19)14-22-24-9-10-25-22;2-1-3/h2-6,9-11,16-17,19-20H,7-8,12-14H2,1H3,(H,24,25);1H,(H,2,3)/t16-,17+,19-,20+;. The van der Waals surface area contributed by atoms with Gasteiger partial charge in [-0.25, -0.2) is 4.98 Å². The van der Waals surface area contributed by atoms with Crippen LogP contribution in [0.1, 0.15) is 29.2 Å². The summed E-state index contributed by atoms with van der Waals surface area (Å²) in [5, 5.41) is 11.5. The average Bonchev–Trinajstić information content (AvgIpc) is 3.62. The van der Waals surface area contributed by atoms with E-state index in [0.29, 0.717) is 29.6 Å². The molecule has 3 aliphatic rings. The molecule has 2 bridgehead atoms. The lowest BCUT2D eigenvalue weighted by atomic mass is 9.82. The summed E-state index contributed by atoms with van der Waals surface area (Å²) in [4.78, 5) is 34.2. The van der Waals surface area contributed by atoms with E-state index in [4.69, 9.17) is 9.90 Å². The van der Waals surface area contributed by atoms with Gasteiger partial charge in [0.05, 0.1) is 12.2 Å². The third-order valence-electron chi connectivity index (χ3n) is 7.28. The number of aryl methyl sites for hydroxylation is 1. The number of nitrogens with zero attached hydrogens (tertiary/aromatic N) is 5. The van der Waals surface area contributed by atoms with E-state index < -0.39 is 0 Å². The van der Waals surface area contributed by atoms with Gasteiger partial charge in [-0.1, -0.05) is 30.3 Å². The number of nitrogens with one attached hydrogen (secondary N) is 1. The van der Waals surface area contributed by atoms with Gasteiger partial charge in [0.2, 0.25) is 0 Å². The SMILES string of the molecule is Cn1nc(-c2ccccc2)cc1C(=O)N1[C@@H]2CC[C@H]1[C@H]1CN(Cc3ncc[nH]3)C[C@H]12.O=CO. The summed E-state index contributed by atoms with van der Waals surface area (Å²) in [5.74, 6) is 2.32. The Morgan fingerprint density at radius 2 is 1.85 bits per heavy atom. The van der Waals surface area contributed by atoms with Gasteiger partial charge in [0.15, 0.2) is 0 Å². The molecule has 2 N–H and O–H groups in total. The number of H-pyrrole nitrogens is 1. The lowest BCUT2D eigenvalue weighted by Gasteiger charge is -2.26. The summed E-state index contributed by atoms with van der Waals surface area (Å²) in [6.07, 6.45) is 5.94. The van der Waals surface area contributed by atoms with Gasteiger partial charge >= 0.3 is 0 Å². The first-order valence-electron chi connectivity index (χ1n) is 11.3. The molecule has 2 aromatic heterocycles. The van der Waals surface area contributed by atoms with Crippen molar-refractivity contribution >= 4 is 12.4 Å². The molecule has 1 amide bonds. The van der Waals surface area contributed by atoms with Gasteiger partial charge in [-0.05, 0) is 30.7 Å². The molecule has 3 aliphatic heterocycles. The van der Waals surface area contributed by atoms with Crippen LogP contribution in [0.5, 0.6) is 0 Å². The molecule has 3 aromatic rings. The lowest BCUT2D eigenvalue weighted by molar-refractivity contribution is -0.122. The van der Waals surface area contributed by atoms with E-state index in [1.54, 1.807) is 4.68 Å². The molecule has 1 aromatic carbocycles. The molecule has 0 saturated carbocycles. The van der Waals surface area contributed by atoms with Crippen LogP contribution in [0.25, 0.3) is 11.3 Å². The largest absolute Gasteiger partial charge is 0.483 e. The first-order chi connectivity index (χ1) is 16.1. The van der Waals surface area contributed by atoms with Crippen LogP contribution in [-0.4, -0.2) is 72.2 Å². The molecule has 0 aliphatic carbocycles. The minimum Gasteiger partial charge on any atom is -0.483 e. The number of hydrogen-bond donors (Lipinski definition) is 2. The molecule has 3 saturated heterocycles. The van der Waals surface area contributed by atoms with Crippen LogP contribution in [0.2, 0.25) is 0 Å². The third kappa shape index (κ3) is 3.82. The van der Waals surface area contributed by atoms with Crippen molar-refractivity contribution in [1.29, 1.82) is 0 Å². The summed E-state index contributed by atoms with van der Waals surface area (Å²) in [5.41, 5.74) is 2.60. The highest BCUT2D eigenvalue weighted by Gasteiger charge is 2.58. The third-order valence-corrected chi connectivity index (χ3v) is 7.28. The van der Waals surface area contributed by atoms with Gasteiger partial charge in [0.1, 0.15) is 11.5 Å². The van der Waals surface area contributed by atoms with E-state index in [-0.39, 0.29) is 12.4 Å². The summed E-state index contributed by atoms with van der Waals surface area (Å²) in [6.45, 7) is 2.73. The Hall–Kier alpha value is -3.46. The van der Waals surface area contributed by atoms with Gasteiger partial charge in [0.25, 0.3) is 12.4 Å². The Morgan fingerprint density at radius 1 is 1.18 bits per heavy atom. The van der Waals surface area contributed by atoms with Gasteiger partial charge in [0, 0.05) is 50.2 Å². The molecular formula is C24H28N6O3. The number of rotatable bonds is 4. The topological polar surface area (TPSA) is 107 Å². The van der Waals surface area contributed by atoms with E-state index >= 15 is 0 Å². The Morgan fingerprint density at radius 3 is 2.45 bits per heavy atom. The smallest absolute Gasteiger partial charge is 0.290 e. The normalized spacial score (nSPS) is 25.5. The van der Waals surface area contributed by atoms with Crippen molar-refractivity contribution in [2.24, 2.45) is 18.9 Å². The van der Waals surface area contributed by atoms with Crippen molar-refractivity contribution in [3.63, 3.8) is 0 Å². The molecule has 33 heavy (non-hydrogen) atoms. The van der Waals surface area contributed by atoms with Gasteiger partial charge < -0.3 is 15.0 Å². The fourth-order valence-corrected chi connectivity index (χ4v) is 6.04. The summed E-state index contributed by atoms with van der Waals surface area (Å²) in [7, 11) is 1.88. The van der Waals surface area contributed by atoms with Crippen LogP contribution in [0.3, 0.4) is 0 Å². The minimum atomic E-state index is -0.250. The Labute approximate surface area is 192 Å². The minimum absolute atomic E-state index is 0.145. The monoisotopic (exact) mass is 448 g/mol. The number of benzene rings is 1. The zero-order chi connectivity index (χ0) is 22.9. The molecule has 3 fully saturated rings. The van der Waals surface area contributed by atoms with Crippen molar-refractivity contribution in [2.75, 3.05) is 13.1 Å². The van der Waals surface area contributed by atoms with Crippen molar-refractivity contribution < 1.29 is 14.7 Å². The van der Waals surface area contributed by atoms with E-state index in [0.717, 1.165) is 49.6 Å². The zero-order valence-electron chi connectivity index (χ0n) is 18.5. The van der Waals surface area contributed by atoms with Crippen molar-refractivity contribution in [3.8, 4) is 11.3 Å². The van der Waals surface area contributed by atoms with E-state index in [1.807, 2.05) is 55.8 Å². The quantitative estimate of drug-likeness (QED) is 0.593. The first kappa shape index (κ1) is 21.4. The number of aromatic nitrogens is 4.